The first-order valence-electron chi connectivity index (χ1n) is 7.64. The van der Waals surface area contributed by atoms with E-state index in [1.54, 1.807) is 6.07 Å². The average Bonchev–Trinajstić information content (AvgIpc) is 2.49. The van der Waals surface area contributed by atoms with Gasteiger partial charge < -0.3 is 10.1 Å². The minimum absolute atomic E-state index is 0.0438. The predicted octanol–water partition coefficient (Wildman–Crippen LogP) is 2.99. The monoisotopic (exact) mass is 294 g/mol. The molecule has 1 N–H and O–H groups in total. The van der Waals surface area contributed by atoms with Gasteiger partial charge in [0, 0.05) is 12.1 Å². The Labute approximate surface area is 125 Å². The molecule has 0 amide bonds. The summed E-state index contributed by atoms with van der Waals surface area (Å²) in [6.07, 6.45) is 4.87. The Morgan fingerprint density at radius 1 is 1.43 bits per heavy atom. The normalized spacial score (nSPS) is 23.6. The fraction of sp³-hybridized carbons (Fsp3) is 0.625. The summed E-state index contributed by atoms with van der Waals surface area (Å²) in [4.78, 5) is 15.8. The van der Waals surface area contributed by atoms with E-state index in [9.17, 15) is 9.18 Å². The molecule has 4 nitrogen and oxygen atoms in total. The third kappa shape index (κ3) is 4.49. The van der Waals surface area contributed by atoms with Gasteiger partial charge in [0.15, 0.2) is 0 Å². The van der Waals surface area contributed by atoms with Gasteiger partial charge in [-0.2, -0.15) is 0 Å². The number of pyridine rings is 1. The van der Waals surface area contributed by atoms with Crippen LogP contribution in [0.4, 0.5) is 4.39 Å². The highest BCUT2D eigenvalue weighted by atomic mass is 19.1. The van der Waals surface area contributed by atoms with Gasteiger partial charge in [0.2, 0.25) is 0 Å². The molecule has 1 atom stereocenters. The predicted molar refractivity (Wildman–Crippen MR) is 78.1 cm³/mol. The number of carbonyl (C=O) groups is 1. The highest BCUT2D eigenvalue weighted by Crippen LogP contribution is 2.27. The van der Waals surface area contributed by atoms with Gasteiger partial charge in [0.25, 0.3) is 0 Å². The Bertz CT molecular complexity index is 456. The van der Waals surface area contributed by atoms with E-state index in [1.165, 1.54) is 12.3 Å². The van der Waals surface area contributed by atoms with Crippen molar-refractivity contribution in [3.63, 3.8) is 0 Å². The zero-order chi connectivity index (χ0) is 15.2. The van der Waals surface area contributed by atoms with Gasteiger partial charge in [-0.05, 0) is 51.7 Å². The topological polar surface area (TPSA) is 51.2 Å². The molecule has 0 aliphatic heterocycles. The van der Waals surface area contributed by atoms with Crippen molar-refractivity contribution in [3.8, 4) is 0 Å². The van der Waals surface area contributed by atoms with Crippen molar-refractivity contribution in [2.75, 3.05) is 6.61 Å². The second-order valence-electron chi connectivity index (χ2n) is 5.59. The number of rotatable bonds is 5. The van der Waals surface area contributed by atoms with E-state index < -0.39 is 0 Å². The Kier molecular flexibility index (Phi) is 5.67. The summed E-state index contributed by atoms with van der Waals surface area (Å²) in [7, 11) is 0. The van der Waals surface area contributed by atoms with Crippen molar-refractivity contribution in [1.82, 2.24) is 10.3 Å². The number of aromatic nitrogens is 1. The fourth-order valence-corrected chi connectivity index (χ4v) is 2.84. The number of nitrogens with one attached hydrogen (secondary N) is 1. The number of hydrogen-bond donors (Lipinski definition) is 1. The molecule has 0 bridgehead atoms. The molecule has 1 aromatic rings. The SMILES string of the molecule is CCOC(=O)C1CCC(NC(C)c2ccc(F)cn2)CC1. The van der Waals surface area contributed by atoms with Gasteiger partial charge in [-0.3, -0.25) is 9.78 Å². The standard InChI is InChI=1S/C16H23FN2O2/c1-3-21-16(20)12-4-7-14(8-5-12)19-11(2)15-9-6-13(17)10-18-15/h6,9-12,14,19H,3-5,7-8H2,1-2H3. The molecule has 1 unspecified atom stereocenters. The minimum Gasteiger partial charge on any atom is -0.466 e. The second kappa shape index (κ2) is 7.50. The first-order valence-corrected chi connectivity index (χ1v) is 7.64. The van der Waals surface area contributed by atoms with Gasteiger partial charge in [-0.25, -0.2) is 4.39 Å². The molecule has 1 aromatic heterocycles. The number of nitrogens with zero attached hydrogens (tertiary/aromatic N) is 1. The van der Waals surface area contributed by atoms with Crippen LogP contribution < -0.4 is 5.32 Å². The molecule has 116 valence electrons. The molecule has 1 fully saturated rings. The third-order valence-electron chi connectivity index (χ3n) is 4.03. The van der Waals surface area contributed by atoms with E-state index in [4.69, 9.17) is 4.74 Å². The Balaban J connectivity index is 1.80. The molecular formula is C16H23FN2O2. The molecule has 0 radical (unpaired) electrons. The summed E-state index contributed by atoms with van der Waals surface area (Å²) in [5.41, 5.74) is 0.837. The number of hydrogen-bond acceptors (Lipinski definition) is 4. The lowest BCUT2D eigenvalue weighted by atomic mass is 9.85. The van der Waals surface area contributed by atoms with Crippen molar-refractivity contribution in [3.05, 3.63) is 29.8 Å². The quantitative estimate of drug-likeness (QED) is 0.848. The van der Waals surface area contributed by atoms with Gasteiger partial charge in [0.1, 0.15) is 5.82 Å². The lowest BCUT2D eigenvalue weighted by Crippen LogP contribution is -2.37. The maximum atomic E-state index is 12.9. The van der Waals surface area contributed by atoms with Crippen molar-refractivity contribution in [2.45, 2.75) is 51.6 Å². The molecule has 5 heteroatoms. The maximum absolute atomic E-state index is 12.9. The maximum Gasteiger partial charge on any atom is 0.308 e. The van der Waals surface area contributed by atoms with E-state index in [-0.39, 0.29) is 23.7 Å². The van der Waals surface area contributed by atoms with Crippen LogP contribution in [0.1, 0.15) is 51.3 Å². The van der Waals surface area contributed by atoms with E-state index in [0.29, 0.717) is 12.6 Å². The summed E-state index contributed by atoms with van der Waals surface area (Å²) < 4.78 is 17.9. The van der Waals surface area contributed by atoms with E-state index in [2.05, 4.69) is 10.3 Å². The third-order valence-corrected chi connectivity index (χ3v) is 4.03. The summed E-state index contributed by atoms with van der Waals surface area (Å²) in [5, 5.41) is 3.51. The molecule has 1 heterocycles. The van der Waals surface area contributed by atoms with Gasteiger partial charge in [-0.1, -0.05) is 0 Å². The highest BCUT2D eigenvalue weighted by molar-refractivity contribution is 5.72. The average molecular weight is 294 g/mol. The molecule has 0 aromatic carbocycles. The number of ether oxygens (including phenoxy) is 1. The lowest BCUT2D eigenvalue weighted by molar-refractivity contribution is -0.149. The fourth-order valence-electron chi connectivity index (χ4n) is 2.84. The van der Waals surface area contributed by atoms with Gasteiger partial charge in [0.05, 0.1) is 24.4 Å². The second-order valence-corrected chi connectivity index (χ2v) is 5.59. The van der Waals surface area contributed by atoms with Crippen LogP contribution in [0.2, 0.25) is 0 Å². The van der Waals surface area contributed by atoms with Crippen LogP contribution >= 0.6 is 0 Å². The summed E-state index contributed by atoms with van der Waals surface area (Å²) in [6.45, 7) is 4.31. The number of esters is 1. The van der Waals surface area contributed by atoms with Crippen LogP contribution in [0.15, 0.2) is 18.3 Å². The van der Waals surface area contributed by atoms with E-state index in [1.807, 2.05) is 13.8 Å². The van der Waals surface area contributed by atoms with Crippen molar-refractivity contribution < 1.29 is 13.9 Å². The molecule has 0 saturated heterocycles. The van der Waals surface area contributed by atoms with Crippen LogP contribution in [-0.4, -0.2) is 23.6 Å². The first kappa shape index (κ1) is 15.9. The van der Waals surface area contributed by atoms with Crippen LogP contribution in [0.25, 0.3) is 0 Å². The number of carbonyl (C=O) groups excluding carboxylic acids is 1. The largest absolute Gasteiger partial charge is 0.466 e. The smallest absolute Gasteiger partial charge is 0.308 e. The zero-order valence-electron chi connectivity index (χ0n) is 12.6. The minimum atomic E-state index is -0.319. The summed E-state index contributed by atoms with van der Waals surface area (Å²) in [5.74, 6) is -0.340. The van der Waals surface area contributed by atoms with Crippen molar-refractivity contribution in [1.29, 1.82) is 0 Å². The Morgan fingerprint density at radius 3 is 2.71 bits per heavy atom. The van der Waals surface area contributed by atoms with E-state index in [0.717, 1.165) is 31.4 Å². The lowest BCUT2D eigenvalue weighted by Gasteiger charge is -2.30. The highest BCUT2D eigenvalue weighted by Gasteiger charge is 2.27. The number of halogens is 1. The molecule has 0 spiro atoms. The van der Waals surface area contributed by atoms with Gasteiger partial charge >= 0.3 is 5.97 Å². The van der Waals surface area contributed by atoms with E-state index >= 15 is 0 Å². The van der Waals surface area contributed by atoms with Crippen LogP contribution in [-0.2, 0) is 9.53 Å². The summed E-state index contributed by atoms with van der Waals surface area (Å²) in [6, 6.07) is 3.59. The zero-order valence-corrected chi connectivity index (χ0v) is 12.6. The molecule has 1 aliphatic carbocycles. The summed E-state index contributed by atoms with van der Waals surface area (Å²) >= 11 is 0. The van der Waals surface area contributed by atoms with Crippen LogP contribution in [0, 0.1) is 11.7 Å². The van der Waals surface area contributed by atoms with Gasteiger partial charge in [-0.15, -0.1) is 0 Å². The molecular weight excluding hydrogens is 271 g/mol. The molecule has 2 rings (SSSR count). The van der Waals surface area contributed by atoms with Crippen molar-refractivity contribution >= 4 is 5.97 Å². The Hall–Kier alpha value is -1.49. The first-order chi connectivity index (χ1) is 10.1. The molecule has 21 heavy (non-hydrogen) atoms. The Morgan fingerprint density at radius 2 is 2.14 bits per heavy atom. The van der Waals surface area contributed by atoms with Crippen molar-refractivity contribution in [2.24, 2.45) is 5.92 Å². The molecule has 1 aliphatic rings. The van der Waals surface area contributed by atoms with Crippen LogP contribution in [0.3, 0.4) is 0 Å². The van der Waals surface area contributed by atoms with Crippen LogP contribution in [0.5, 0.6) is 0 Å². The molecule has 1 saturated carbocycles.